The van der Waals surface area contributed by atoms with Crippen molar-refractivity contribution in [2.45, 2.75) is 17.9 Å². The predicted molar refractivity (Wildman–Crippen MR) is 126 cm³/mol. The molecule has 0 aromatic heterocycles. The minimum atomic E-state index is -3.82. The number of nitro groups is 1. The first-order chi connectivity index (χ1) is 15.8. The lowest BCUT2D eigenvalue weighted by molar-refractivity contribution is -0.384. The topological polar surface area (TPSA) is 130 Å². The molecule has 3 aromatic carbocycles. The predicted octanol–water partition coefficient (Wildman–Crippen LogP) is 3.48. The molecule has 0 spiro atoms. The van der Waals surface area contributed by atoms with Crippen molar-refractivity contribution < 1.29 is 18.1 Å². The van der Waals surface area contributed by atoms with Crippen LogP contribution in [-0.4, -0.2) is 32.3 Å². The van der Waals surface area contributed by atoms with E-state index in [9.17, 15) is 23.3 Å². The molecular weight excluding hydrogens is 444 g/mol. The van der Waals surface area contributed by atoms with Gasteiger partial charge in [-0.05, 0) is 42.8 Å². The van der Waals surface area contributed by atoms with Crippen LogP contribution in [0.2, 0.25) is 0 Å². The molecule has 0 aliphatic heterocycles. The maximum Gasteiger partial charge on any atom is 0.269 e. The van der Waals surface area contributed by atoms with Crippen LogP contribution in [0.5, 0.6) is 0 Å². The van der Waals surface area contributed by atoms with Gasteiger partial charge in [-0.2, -0.15) is 0 Å². The summed E-state index contributed by atoms with van der Waals surface area (Å²) in [6.07, 6.45) is 0. The summed E-state index contributed by atoms with van der Waals surface area (Å²) in [5, 5.41) is 16.4. The highest BCUT2D eigenvalue weighted by Crippen LogP contribution is 2.18. The molecule has 1 unspecified atom stereocenters. The number of nitrogens with zero attached hydrogens (tertiary/aromatic N) is 1. The van der Waals surface area contributed by atoms with Gasteiger partial charge in [0.25, 0.3) is 11.6 Å². The SMILES string of the molecule is CC(NS(=O)(=O)c1cccc(C(=O)NCCNc2ccc([N+](=O)[O-])cc2)c1)c1ccccc1. The van der Waals surface area contributed by atoms with Crippen molar-refractivity contribution in [1.82, 2.24) is 10.0 Å². The van der Waals surface area contributed by atoms with Crippen LogP contribution >= 0.6 is 0 Å². The molecule has 1 amide bonds. The third kappa shape index (κ3) is 6.61. The molecule has 1 atom stereocenters. The van der Waals surface area contributed by atoms with Crippen molar-refractivity contribution in [3.05, 3.63) is 100 Å². The summed E-state index contributed by atoms with van der Waals surface area (Å²) in [5.74, 6) is -0.409. The Kier molecular flexibility index (Phi) is 7.75. The number of sulfonamides is 1. The summed E-state index contributed by atoms with van der Waals surface area (Å²) in [6, 6.07) is 20.5. The maximum atomic E-state index is 12.8. The summed E-state index contributed by atoms with van der Waals surface area (Å²) < 4.78 is 28.2. The number of anilines is 1. The number of benzene rings is 3. The number of rotatable bonds is 10. The van der Waals surface area contributed by atoms with Gasteiger partial charge < -0.3 is 10.6 Å². The fourth-order valence-electron chi connectivity index (χ4n) is 3.10. The van der Waals surface area contributed by atoms with Gasteiger partial charge in [0.2, 0.25) is 10.0 Å². The summed E-state index contributed by atoms with van der Waals surface area (Å²) in [6.45, 7) is 2.41. The van der Waals surface area contributed by atoms with Crippen molar-refractivity contribution in [3.63, 3.8) is 0 Å². The van der Waals surface area contributed by atoms with Gasteiger partial charge in [-0.1, -0.05) is 36.4 Å². The first-order valence-corrected chi connectivity index (χ1v) is 11.7. The van der Waals surface area contributed by atoms with Crippen LogP contribution in [0.4, 0.5) is 11.4 Å². The van der Waals surface area contributed by atoms with Crippen LogP contribution in [0.15, 0.2) is 83.8 Å². The van der Waals surface area contributed by atoms with E-state index in [2.05, 4.69) is 15.4 Å². The van der Waals surface area contributed by atoms with E-state index in [1.165, 1.54) is 30.3 Å². The van der Waals surface area contributed by atoms with E-state index in [1.807, 2.05) is 30.3 Å². The van der Waals surface area contributed by atoms with E-state index in [0.717, 1.165) is 5.56 Å². The van der Waals surface area contributed by atoms with Gasteiger partial charge >= 0.3 is 0 Å². The highest BCUT2D eigenvalue weighted by molar-refractivity contribution is 7.89. The molecular formula is C23H24N4O5S. The molecule has 0 aliphatic carbocycles. The number of hydrogen-bond acceptors (Lipinski definition) is 6. The minimum absolute atomic E-state index is 0.00179. The third-order valence-corrected chi connectivity index (χ3v) is 6.39. The molecule has 0 radical (unpaired) electrons. The molecule has 0 aliphatic rings. The maximum absolute atomic E-state index is 12.8. The van der Waals surface area contributed by atoms with Crippen molar-refractivity contribution in [1.29, 1.82) is 0 Å². The lowest BCUT2D eigenvalue weighted by Crippen LogP contribution is -2.29. The Labute approximate surface area is 192 Å². The normalized spacial score (nSPS) is 12.0. The van der Waals surface area contributed by atoms with Gasteiger partial charge in [-0.25, -0.2) is 13.1 Å². The van der Waals surface area contributed by atoms with Crippen LogP contribution in [-0.2, 0) is 10.0 Å². The molecule has 3 aromatic rings. The zero-order chi connectivity index (χ0) is 23.8. The number of non-ortho nitro benzene ring substituents is 1. The van der Waals surface area contributed by atoms with Crippen LogP contribution < -0.4 is 15.4 Å². The number of nitro benzene ring substituents is 1. The van der Waals surface area contributed by atoms with Crippen LogP contribution in [0.25, 0.3) is 0 Å². The molecule has 3 rings (SSSR count). The summed E-state index contributed by atoms with van der Waals surface area (Å²) >= 11 is 0. The minimum Gasteiger partial charge on any atom is -0.383 e. The Morgan fingerprint density at radius 1 is 0.970 bits per heavy atom. The molecule has 172 valence electrons. The Morgan fingerprint density at radius 2 is 1.67 bits per heavy atom. The third-order valence-electron chi connectivity index (χ3n) is 4.86. The molecule has 0 heterocycles. The van der Waals surface area contributed by atoms with E-state index in [-0.39, 0.29) is 22.7 Å². The van der Waals surface area contributed by atoms with Crippen LogP contribution in [0, 0.1) is 10.1 Å². The van der Waals surface area contributed by atoms with E-state index in [4.69, 9.17) is 0 Å². The van der Waals surface area contributed by atoms with E-state index < -0.39 is 26.9 Å². The number of hydrogen-bond donors (Lipinski definition) is 3. The first kappa shape index (κ1) is 23.9. The van der Waals surface area contributed by atoms with Crippen molar-refractivity contribution in [3.8, 4) is 0 Å². The average Bonchev–Trinajstić information content (AvgIpc) is 2.82. The number of nitrogens with one attached hydrogen (secondary N) is 3. The van der Waals surface area contributed by atoms with E-state index in [1.54, 1.807) is 25.1 Å². The smallest absolute Gasteiger partial charge is 0.269 e. The number of carbonyl (C=O) groups is 1. The number of carbonyl (C=O) groups excluding carboxylic acids is 1. The van der Waals surface area contributed by atoms with Crippen molar-refractivity contribution >= 4 is 27.3 Å². The fourth-order valence-corrected chi connectivity index (χ4v) is 4.38. The summed E-state index contributed by atoms with van der Waals surface area (Å²) in [4.78, 5) is 22.7. The lowest BCUT2D eigenvalue weighted by Gasteiger charge is -2.15. The molecule has 33 heavy (non-hydrogen) atoms. The van der Waals surface area contributed by atoms with Gasteiger partial charge in [0.15, 0.2) is 0 Å². The summed E-state index contributed by atoms with van der Waals surface area (Å²) in [5.41, 5.74) is 1.73. The Hall–Kier alpha value is -3.76. The second-order valence-corrected chi connectivity index (χ2v) is 8.98. The summed E-state index contributed by atoms with van der Waals surface area (Å²) in [7, 11) is -3.82. The fraction of sp³-hybridized carbons (Fsp3) is 0.174. The molecule has 9 nitrogen and oxygen atoms in total. The van der Waals surface area contributed by atoms with E-state index in [0.29, 0.717) is 12.2 Å². The molecule has 0 saturated carbocycles. The van der Waals surface area contributed by atoms with Gasteiger partial charge in [0.1, 0.15) is 0 Å². The molecule has 0 bridgehead atoms. The standard InChI is InChI=1S/C23H24N4O5S/c1-17(18-6-3-2-4-7-18)26-33(31,32)22-9-5-8-19(16-22)23(28)25-15-14-24-20-10-12-21(13-11-20)27(29)30/h2-13,16-17,24,26H,14-15H2,1H3,(H,25,28). The molecule has 10 heteroatoms. The lowest BCUT2D eigenvalue weighted by atomic mass is 10.1. The highest BCUT2D eigenvalue weighted by atomic mass is 32.2. The Bertz CT molecular complexity index is 1220. The van der Waals surface area contributed by atoms with Crippen molar-refractivity contribution in [2.75, 3.05) is 18.4 Å². The average molecular weight is 469 g/mol. The monoisotopic (exact) mass is 468 g/mol. The van der Waals surface area contributed by atoms with Gasteiger partial charge in [0.05, 0.1) is 9.82 Å². The van der Waals surface area contributed by atoms with E-state index >= 15 is 0 Å². The molecule has 3 N–H and O–H groups in total. The molecule has 0 fully saturated rings. The highest BCUT2D eigenvalue weighted by Gasteiger charge is 2.19. The van der Waals surface area contributed by atoms with Gasteiger partial charge in [-0.3, -0.25) is 14.9 Å². The Balaban J connectivity index is 1.55. The van der Waals surface area contributed by atoms with Crippen LogP contribution in [0.1, 0.15) is 28.9 Å². The zero-order valence-electron chi connectivity index (χ0n) is 17.9. The zero-order valence-corrected chi connectivity index (χ0v) is 18.7. The van der Waals surface area contributed by atoms with Crippen LogP contribution in [0.3, 0.4) is 0 Å². The second-order valence-electron chi connectivity index (χ2n) is 7.27. The van der Waals surface area contributed by atoms with Gasteiger partial charge in [0, 0.05) is 42.5 Å². The number of amides is 1. The largest absolute Gasteiger partial charge is 0.383 e. The molecule has 0 saturated heterocycles. The van der Waals surface area contributed by atoms with Gasteiger partial charge in [-0.15, -0.1) is 0 Å². The quantitative estimate of drug-likeness (QED) is 0.237. The second kappa shape index (κ2) is 10.7. The Morgan fingerprint density at radius 3 is 2.33 bits per heavy atom. The first-order valence-electron chi connectivity index (χ1n) is 10.2. The van der Waals surface area contributed by atoms with Crippen molar-refractivity contribution in [2.24, 2.45) is 0 Å².